The lowest BCUT2D eigenvalue weighted by Crippen LogP contribution is -2.34. The molecule has 7 heteroatoms. The van der Waals surface area contributed by atoms with E-state index in [1.54, 1.807) is 22.8 Å². The number of hydrogen-bond acceptors (Lipinski definition) is 4. The van der Waals surface area contributed by atoms with Crippen LogP contribution in [0.25, 0.3) is 10.9 Å². The highest BCUT2D eigenvalue weighted by atomic mass is 35.5. The first kappa shape index (κ1) is 18.3. The van der Waals surface area contributed by atoms with Gasteiger partial charge in [0.15, 0.2) is 5.16 Å². The highest BCUT2D eigenvalue weighted by Gasteiger charge is 2.19. The highest BCUT2D eigenvalue weighted by Crippen LogP contribution is 2.23. The lowest BCUT2D eigenvalue weighted by atomic mass is 10.2. The van der Waals surface area contributed by atoms with Crippen LogP contribution in [0.4, 0.5) is 0 Å². The Balaban J connectivity index is 1.84. The summed E-state index contributed by atoms with van der Waals surface area (Å²) in [6, 6.07) is 5.34. The van der Waals surface area contributed by atoms with Gasteiger partial charge in [0.05, 0.1) is 16.7 Å². The number of benzene rings is 1. The minimum absolute atomic E-state index is 0.00681. The summed E-state index contributed by atoms with van der Waals surface area (Å²) in [4.78, 5) is 29.6. The number of halogens is 1. The molecular weight excluding hydrogens is 358 g/mol. The maximum atomic E-state index is 12.8. The molecule has 1 aromatic carbocycles. The van der Waals surface area contributed by atoms with Crippen LogP contribution in [0.3, 0.4) is 0 Å². The lowest BCUT2D eigenvalue weighted by molar-refractivity contribution is -0.119. The van der Waals surface area contributed by atoms with Gasteiger partial charge < -0.3 is 5.32 Å². The Morgan fingerprint density at radius 3 is 2.80 bits per heavy atom. The van der Waals surface area contributed by atoms with Gasteiger partial charge in [0.25, 0.3) is 5.56 Å². The van der Waals surface area contributed by atoms with E-state index < -0.39 is 0 Å². The Morgan fingerprint density at radius 2 is 2.12 bits per heavy atom. The molecule has 1 amide bonds. The molecule has 0 atom stereocenters. The summed E-state index contributed by atoms with van der Waals surface area (Å²) >= 11 is 7.33. The van der Waals surface area contributed by atoms with Gasteiger partial charge >= 0.3 is 0 Å². The topological polar surface area (TPSA) is 64.0 Å². The lowest BCUT2D eigenvalue weighted by Gasteiger charge is -2.17. The molecule has 2 aromatic rings. The summed E-state index contributed by atoms with van der Waals surface area (Å²) < 4.78 is 1.64. The zero-order chi connectivity index (χ0) is 18.0. The van der Waals surface area contributed by atoms with Gasteiger partial charge in [0.2, 0.25) is 5.91 Å². The second kappa shape index (κ2) is 7.79. The number of nitrogens with one attached hydrogen (secondary N) is 1. The third-order valence-electron chi connectivity index (χ3n) is 4.40. The molecule has 0 unspecified atom stereocenters. The highest BCUT2D eigenvalue weighted by molar-refractivity contribution is 7.99. The molecule has 0 bridgehead atoms. The van der Waals surface area contributed by atoms with E-state index in [0.717, 1.165) is 12.8 Å². The molecule has 25 heavy (non-hydrogen) atoms. The third kappa shape index (κ3) is 4.18. The first-order valence-corrected chi connectivity index (χ1v) is 9.96. The summed E-state index contributed by atoms with van der Waals surface area (Å²) in [5.74, 6) is 0.245. The average Bonchev–Trinajstić information content (AvgIpc) is 3.05. The van der Waals surface area contributed by atoms with E-state index in [2.05, 4.69) is 10.3 Å². The second-order valence-electron chi connectivity index (χ2n) is 6.66. The summed E-state index contributed by atoms with van der Waals surface area (Å²) in [5.41, 5.74) is 0.462. The summed E-state index contributed by atoms with van der Waals surface area (Å²) in [6.07, 6.45) is 4.47. The van der Waals surface area contributed by atoms with Gasteiger partial charge in [0.1, 0.15) is 0 Å². The fourth-order valence-corrected chi connectivity index (χ4v) is 4.28. The van der Waals surface area contributed by atoms with Crippen molar-refractivity contribution < 1.29 is 4.79 Å². The molecule has 1 aliphatic rings. The van der Waals surface area contributed by atoms with Crippen molar-refractivity contribution >= 4 is 40.2 Å². The van der Waals surface area contributed by atoms with Gasteiger partial charge in [-0.2, -0.15) is 0 Å². The summed E-state index contributed by atoms with van der Waals surface area (Å²) in [6.45, 7) is 3.88. The number of fused-ring (bicyclic) bond motifs is 1. The maximum Gasteiger partial charge on any atom is 0.262 e. The van der Waals surface area contributed by atoms with Gasteiger partial charge in [-0.3, -0.25) is 14.2 Å². The van der Waals surface area contributed by atoms with Crippen LogP contribution in [-0.4, -0.2) is 27.3 Å². The van der Waals surface area contributed by atoms with Gasteiger partial charge in [-0.05, 0) is 44.9 Å². The van der Waals surface area contributed by atoms with E-state index in [1.165, 1.54) is 24.6 Å². The predicted molar refractivity (Wildman–Crippen MR) is 103 cm³/mol. The number of rotatable bonds is 5. The Labute approximate surface area is 156 Å². The van der Waals surface area contributed by atoms with Crippen LogP contribution in [0.2, 0.25) is 5.02 Å². The van der Waals surface area contributed by atoms with Crippen molar-refractivity contribution in [1.82, 2.24) is 14.9 Å². The molecule has 1 saturated carbocycles. The average molecular weight is 380 g/mol. The van der Waals surface area contributed by atoms with E-state index in [0.29, 0.717) is 27.1 Å². The molecule has 0 aliphatic heterocycles. The van der Waals surface area contributed by atoms with Crippen LogP contribution >= 0.6 is 23.4 Å². The number of thioether (sulfide) groups is 1. The number of amides is 1. The molecule has 5 nitrogen and oxygen atoms in total. The summed E-state index contributed by atoms with van der Waals surface area (Å²) in [5, 5.41) is 4.69. The predicted octanol–water partition coefficient (Wildman–Crippen LogP) is 3.78. The van der Waals surface area contributed by atoms with E-state index in [4.69, 9.17) is 11.6 Å². The quantitative estimate of drug-likeness (QED) is 0.634. The maximum absolute atomic E-state index is 12.8. The molecule has 3 rings (SSSR count). The van der Waals surface area contributed by atoms with Crippen molar-refractivity contribution in [2.45, 2.75) is 56.8 Å². The molecule has 1 heterocycles. The van der Waals surface area contributed by atoms with Crippen molar-refractivity contribution in [2.24, 2.45) is 0 Å². The van der Waals surface area contributed by atoms with E-state index >= 15 is 0 Å². The van der Waals surface area contributed by atoms with Crippen molar-refractivity contribution in [3.8, 4) is 0 Å². The monoisotopic (exact) mass is 379 g/mol. The largest absolute Gasteiger partial charge is 0.353 e. The molecule has 0 saturated heterocycles. The molecule has 1 aromatic heterocycles. The van der Waals surface area contributed by atoms with E-state index in [1.807, 2.05) is 13.8 Å². The minimum Gasteiger partial charge on any atom is -0.353 e. The minimum atomic E-state index is -0.102. The first-order chi connectivity index (χ1) is 12.0. The van der Waals surface area contributed by atoms with Crippen LogP contribution in [0.15, 0.2) is 28.2 Å². The fraction of sp³-hybridized carbons (Fsp3) is 0.500. The van der Waals surface area contributed by atoms with Crippen LogP contribution in [0.5, 0.6) is 0 Å². The molecule has 1 N–H and O–H groups in total. The van der Waals surface area contributed by atoms with Crippen molar-refractivity contribution in [3.05, 3.63) is 33.6 Å². The van der Waals surface area contributed by atoms with Crippen molar-refractivity contribution in [2.75, 3.05) is 5.75 Å². The molecule has 1 fully saturated rings. The Hall–Kier alpha value is -1.53. The molecular formula is C18H22ClN3O2S. The number of nitrogens with zero attached hydrogens (tertiary/aromatic N) is 2. The number of aromatic nitrogens is 2. The molecule has 1 aliphatic carbocycles. The van der Waals surface area contributed by atoms with E-state index in [-0.39, 0.29) is 23.3 Å². The van der Waals surface area contributed by atoms with E-state index in [9.17, 15) is 9.59 Å². The zero-order valence-electron chi connectivity index (χ0n) is 14.4. The number of carbonyl (C=O) groups is 1. The van der Waals surface area contributed by atoms with Crippen LogP contribution in [0.1, 0.15) is 45.6 Å². The summed E-state index contributed by atoms with van der Waals surface area (Å²) in [7, 11) is 0. The molecule has 134 valence electrons. The van der Waals surface area contributed by atoms with Crippen LogP contribution in [-0.2, 0) is 4.79 Å². The van der Waals surface area contributed by atoms with Gasteiger partial charge in [-0.1, -0.05) is 36.2 Å². The SMILES string of the molecule is CC(C)n1c(SCC(=O)NC2CCCC2)nc2cc(Cl)ccc2c1=O. The standard InChI is InChI=1S/C18H22ClN3O2S/c1-11(2)22-17(24)14-8-7-12(19)9-15(14)21-18(22)25-10-16(23)20-13-5-3-4-6-13/h7-9,11,13H,3-6,10H2,1-2H3,(H,20,23). The van der Waals surface area contributed by atoms with Crippen LogP contribution in [0, 0.1) is 0 Å². The van der Waals surface area contributed by atoms with Crippen molar-refractivity contribution in [3.63, 3.8) is 0 Å². The fourth-order valence-electron chi connectivity index (χ4n) is 3.18. The Bertz CT molecular complexity index is 844. The van der Waals surface area contributed by atoms with Crippen molar-refractivity contribution in [1.29, 1.82) is 0 Å². The smallest absolute Gasteiger partial charge is 0.262 e. The molecule has 0 spiro atoms. The zero-order valence-corrected chi connectivity index (χ0v) is 16.0. The van der Waals surface area contributed by atoms with Gasteiger partial charge in [-0.25, -0.2) is 4.98 Å². The Morgan fingerprint density at radius 1 is 1.40 bits per heavy atom. The van der Waals surface area contributed by atoms with Gasteiger partial charge in [0, 0.05) is 17.1 Å². The third-order valence-corrected chi connectivity index (χ3v) is 5.59. The Kier molecular flexibility index (Phi) is 5.69. The molecule has 0 radical (unpaired) electrons. The van der Waals surface area contributed by atoms with Crippen LogP contribution < -0.4 is 10.9 Å². The number of carbonyl (C=O) groups excluding carboxylic acids is 1. The normalized spacial score (nSPS) is 15.2. The second-order valence-corrected chi connectivity index (χ2v) is 8.04. The van der Waals surface area contributed by atoms with Gasteiger partial charge in [-0.15, -0.1) is 0 Å². The first-order valence-electron chi connectivity index (χ1n) is 8.59. The number of hydrogen-bond donors (Lipinski definition) is 1.